The van der Waals surface area contributed by atoms with Gasteiger partial charge in [-0.2, -0.15) is 0 Å². The molecule has 0 atom stereocenters. The van der Waals surface area contributed by atoms with Gasteiger partial charge >= 0.3 is 5.97 Å². The molecule has 0 amide bonds. The number of carbonyl (C=O) groups excluding carboxylic acids is 1. The standard InChI is InChI=1S/C15H13BrN2O2.C13H11BrN2O/c1-11(19)20-8-4-3-7-18-10-14(16)13-9-12(17-2)5-6-15(13)18;1-15-10-4-5-13-11(8-10)12(14)9-16(13)6-2-3-7-17/h3-6,9-10H,7-8H2,1H3;2-5,8-9,17H,6-7H2/b4-3+;3-2+. The van der Waals surface area contributed by atoms with Crippen molar-refractivity contribution in [1.82, 2.24) is 9.13 Å². The molecular weight excluding hydrogens is 600 g/mol. The van der Waals surface area contributed by atoms with Crippen LogP contribution in [0.25, 0.3) is 31.5 Å². The van der Waals surface area contributed by atoms with Crippen LogP contribution in [0, 0.1) is 13.1 Å². The van der Waals surface area contributed by atoms with Gasteiger partial charge < -0.3 is 19.0 Å². The number of carbonyl (C=O) groups is 1. The van der Waals surface area contributed by atoms with E-state index in [-0.39, 0.29) is 19.2 Å². The third-order valence-corrected chi connectivity index (χ3v) is 6.58. The number of aliphatic hydroxyl groups excluding tert-OH is 1. The molecule has 2 aromatic carbocycles. The zero-order valence-corrected chi connectivity index (χ0v) is 23.2. The van der Waals surface area contributed by atoms with Crippen molar-refractivity contribution < 1.29 is 14.6 Å². The molecule has 2 aromatic heterocycles. The van der Waals surface area contributed by atoms with E-state index in [1.807, 2.05) is 61.0 Å². The van der Waals surface area contributed by atoms with E-state index in [1.54, 1.807) is 12.1 Å². The molecule has 0 bridgehead atoms. The van der Waals surface area contributed by atoms with Gasteiger partial charge in [-0.1, -0.05) is 30.4 Å². The van der Waals surface area contributed by atoms with E-state index in [0.29, 0.717) is 24.5 Å². The third-order valence-electron chi connectivity index (χ3n) is 5.32. The lowest BCUT2D eigenvalue weighted by Gasteiger charge is -2.01. The normalized spacial score (nSPS) is 11.0. The molecule has 0 fully saturated rings. The number of benzene rings is 2. The molecule has 1 N–H and O–H groups in total. The van der Waals surface area contributed by atoms with Crippen molar-refractivity contribution in [3.05, 3.63) is 105 Å². The van der Waals surface area contributed by atoms with Gasteiger partial charge in [0.05, 0.1) is 19.8 Å². The van der Waals surface area contributed by atoms with Crippen LogP contribution in [-0.4, -0.2) is 33.4 Å². The molecule has 0 radical (unpaired) electrons. The molecule has 0 aliphatic carbocycles. The zero-order chi connectivity index (χ0) is 26.8. The lowest BCUT2D eigenvalue weighted by Crippen LogP contribution is -1.98. The van der Waals surface area contributed by atoms with Crippen molar-refractivity contribution in [2.24, 2.45) is 0 Å². The number of allylic oxidation sites excluding steroid dienone is 2. The molecule has 4 aromatic rings. The number of fused-ring (bicyclic) bond motifs is 2. The van der Waals surface area contributed by atoms with Crippen molar-refractivity contribution in [2.75, 3.05) is 13.2 Å². The van der Waals surface area contributed by atoms with Gasteiger partial charge in [0.1, 0.15) is 6.61 Å². The highest BCUT2D eigenvalue weighted by atomic mass is 79.9. The Kier molecular flexibility index (Phi) is 10.3. The van der Waals surface area contributed by atoms with Crippen LogP contribution in [0.15, 0.2) is 82.0 Å². The van der Waals surface area contributed by atoms with Gasteiger partial charge in [0.25, 0.3) is 0 Å². The number of halogens is 2. The highest BCUT2D eigenvalue weighted by molar-refractivity contribution is 9.11. The first-order valence-corrected chi connectivity index (χ1v) is 12.8. The van der Waals surface area contributed by atoms with Crippen LogP contribution in [0.4, 0.5) is 11.4 Å². The van der Waals surface area contributed by atoms with Crippen LogP contribution < -0.4 is 0 Å². The van der Waals surface area contributed by atoms with Crippen LogP contribution in [0.5, 0.6) is 0 Å². The zero-order valence-electron chi connectivity index (χ0n) is 20.1. The molecular formula is C28H24Br2N4O3. The SMILES string of the molecule is [C-]#[N+]c1ccc2c(c1)c(Br)cn2C/C=C/CO.[C-]#[N+]c1ccc2c(c1)c(Br)cn2C/C=C/COC(C)=O. The van der Waals surface area contributed by atoms with Crippen LogP contribution in [0.2, 0.25) is 0 Å². The minimum atomic E-state index is -0.282. The summed E-state index contributed by atoms with van der Waals surface area (Å²) in [7, 11) is 0. The Balaban J connectivity index is 0.000000208. The fourth-order valence-electron chi connectivity index (χ4n) is 3.61. The summed E-state index contributed by atoms with van der Waals surface area (Å²) < 4.78 is 10.9. The number of hydrogen-bond donors (Lipinski definition) is 1. The number of hydrogen-bond acceptors (Lipinski definition) is 3. The summed E-state index contributed by atoms with van der Waals surface area (Å²) in [6.45, 7) is 17.2. The van der Waals surface area contributed by atoms with E-state index < -0.39 is 0 Å². The van der Waals surface area contributed by atoms with Gasteiger partial charge in [-0.15, -0.1) is 0 Å². The van der Waals surface area contributed by atoms with Gasteiger partial charge in [0.2, 0.25) is 0 Å². The van der Waals surface area contributed by atoms with E-state index in [4.69, 9.17) is 23.0 Å². The molecule has 9 heteroatoms. The number of ether oxygens (including phenoxy) is 1. The average Bonchev–Trinajstić information content (AvgIpc) is 3.39. The molecule has 7 nitrogen and oxygen atoms in total. The van der Waals surface area contributed by atoms with Crippen molar-refractivity contribution >= 4 is 71.0 Å². The Labute approximate surface area is 232 Å². The molecule has 0 unspecified atom stereocenters. The summed E-state index contributed by atoms with van der Waals surface area (Å²) in [6.07, 6.45) is 11.4. The van der Waals surface area contributed by atoms with Gasteiger partial charge in [-0.25, -0.2) is 9.69 Å². The molecule has 0 saturated carbocycles. The van der Waals surface area contributed by atoms with Crippen molar-refractivity contribution in [3.8, 4) is 0 Å². The smallest absolute Gasteiger partial charge is 0.302 e. The van der Waals surface area contributed by atoms with Gasteiger partial charge in [-0.05, 0) is 62.2 Å². The Bertz CT molecular complexity index is 1550. The molecule has 37 heavy (non-hydrogen) atoms. The van der Waals surface area contributed by atoms with E-state index in [2.05, 4.69) is 50.7 Å². The van der Waals surface area contributed by atoms with Crippen LogP contribution in [0.3, 0.4) is 0 Å². The second-order valence-corrected chi connectivity index (χ2v) is 9.52. The molecule has 188 valence electrons. The monoisotopic (exact) mass is 622 g/mol. The van der Waals surface area contributed by atoms with E-state index in [1.165, 1.54) is 6.92 Å². The predicted octanol–water partition coefficient (Wildman–Crippen LogP) is 7.58. The fourth-order valence-corrected chi connectivity index (χ4v) is 4.74. The topological polar surface area (TPSA) is 65.1 Å². The third kappa shape index (κ3) is 7.43. The van der Waals surface area contributed by atoms with E-state index in [9.17, 15) is 4.79 Å². The number of aromatic nitrogens is 2. The molecule has 2 heterocycles. The quantitative estimate of drug-likeness (QED) is 0.131. The first-order chi connectivity index (χ1) is 17.9. The number of esters is 1. The highest BCUT2D eigenvalue weighted by Gasteiger charge is 2.07. The first-order valence-electron chi connectivity index (χ1n) is 11.2. The lowest BCUT2D eigenvalue weighted by molar-refractivity contribution is -0.139. The summed E-state index contributed by atoms with van der Waals surface area (Å²) in [5.74, 6) is -0.282. The van der Waals surface area contributed by atoms with E-state index in [0.717, 1.165) is 30.8 Å². The molecule has 0 saturated heterocycles. The van der Waals surface area contributed by atoms with Crippen LogP contribution in [0.1, 0.15) is 6.92 Å². The van der Waals surface area contributed by atoms with Crippen molar-refractivity contribution in [2.45, 2.75) is 20.0 Å². The summed E-state index contributed by atoms with van der Waals surface area (Å²) in [5.41, 5.74) is 3.40. The van der Waals surface area contributed by atoms with Crippen LogP contribution in [-0.2, 0) is 22.6 Å². The van der Waals surface area contributed by atoms with Gasteiger partial charge in [0, 0.05) is 63.2 Å². The summed E-state index contributed by atoms with van der Waals surface area (Å²) in [5, 5.41) is 10.8. The maximum Gasteiger partial charge on any atom is 0.302 e. The Hall–Kier alpha value is -3.63. The minimum absolute atomic E-state index is 0.0578. The highest BCUT2D eigenvalue weighted by Crippen LogP contribution is 2.31. The number of nitrogens with zero attached hydrogens (tertiary/aromatic N) is 4. The molecule has 0 aliphatic rings. The Morgan fingerprint density at radius 1 is 0.892 bits per heavy atom. The van der Waals surface area contributed by atoms with E-state index >= 15 is 0 Å². The minimum Gasteiger partial charge on any atom is -0.462 e. The first kappa shape index (κ1) is 27.9. The maximum atomic E-state index is 10.6. The Morgan fingerprint density at radius 2 is 1.38 bits per heavy atom. The lowest BCUT2D eigenvalue weighted by atomic mass is 10.2. The average molecular weight is 624 g/mol. The second kappa shape index (κ2) is 13.6. The number of aliphatic hydroxyl groups is 1. The summed E-state index contributed by atoms with van der Waals surface area (Å²) in [4.78, 5) is 17.5. The van der Waals surface area contributed by atoms with Crippen molar-refractivity contribution in [3.63, 3.8) is 0 Å². The molecule has 4 rings (SSSR count). The second-order valence-electron chi connectivity index (χ2n) is 7.81. The van der Waals surface area contributed by atoms with Crippen LogP contribution >= 0.6 is 31.9 Å². The van der Waals surface area contributed by atoms with Crippen molar-refractivity contribution in [1.29, 1.82) is 0 Å². The van der Waals surface area contributed by atoms with Gasteiger partial charge in [0.15, 0.2) is 11.4 Å². The summed E-state index contributed by atoms with van der Waals surface area (Å²) >= 11 is 7.00. The fraction of sp³-hybridized carbons (Fsp3) is 0.179. The predicted molar refractivity (Wildman–Crippen MR) is 154 cm³/mol. The summed E-state index contributed by atoms with van der Waals surface area (Å²) in [6, 6.07) is 11.2. The molecule has 0 spiro atoms. The number of rotatable bonds is 7. The molecule has 0 aliphatic heterocycles. The maximum absolute atomic E-state index is 10.6. The largest absolute Gasteiger partial charge is 0.462 e. The Morgan fingerprint density at radius 3 is 1.81 bits per heavy atom. The van der Waals surface area contributed by atoms with Gasteiger partial charge in [-0.3, -0.25) is 4.79 Å².